The second-order valence-electron chi connectivity index (χ2n) is 7.26. The standard InChI is InChI=1S/C21H19ClF3N3O/c1-12(2)27-11-16(7-21(27)29)28(15-4-3-13(9-26)17(22)6-15)10-14-5-19(24)20(25)8-18(14)23/h3-6,8,12,16H,7,10-11H2,1-2H3/t16-/m0/s1. The van der Waals surface area contributed by atoms with Gasteiger partial charge >= 0.3 is 0 Å². The average Bonchev–Trinajstić information content (AvgIpc) is 3.05. The highest BCUT2D eigenvalue weighted by Crippen LogP contribution is 2.31. The minimum absolute atomic E-state index is 0.00101. The molecule has 0 aromatic heterocycles. The maximum atomic E-state index is 14.3. The molecular weight excluding hydrogens is 403 g/mol. The summed E-state index contributed by atoms with van der Waals surface area (Å²) in [5.74, 6) is -3.33. The first-order valence-electron chi connectivity index (χ1n) is 9.10. The Morgan fingerprint density at radius 2 is 1.90 bits per heavy atom. The number of hydrogen-bond donors (Lipinski definition) is 0. The van der Waals surface area contributed by atoms with E-state index in [0.717, 1.165) is 6.07 Å². The highest BCUT2D eigenvalue weighted by molar-refractivity contribution is 6.32. The van der Waals surface area contributed by atoms with Crippen LogP contribution in [0.25, 0.3) is 0 Å². The summed E-state index contributed by atoms with van der Waals surface area (Å²) in [6.45, 7) is 4.12. The summed E-state index contributed by atoms with van der Waals surface area (Å²) in [5.41, 5.74) is 0.794. The molecule has 1 atom stereocenters. The molecule has 3 rings (SSSR count). The van der Waals surface area contributed by atoms with Crippen LogP contribution in [0.2, 0.25) is 5.02 Å². The number of hydrogen-bond acceptors (Lipinski definition) is 3. The summed E-state index contributed by atoms with van der Waals surface area (Å²) >= 11 is 6.16. The topological polar surface area (TPSA) is 47.3 Å². The van der Waals surface area contributed by atoms with Crippen molar-refractivity contribution in [1.29, 1.82) is 5.26 Å². The predicted molar refractivity (Wildman–Crippen MR) is 104 cm³/mol. The summed E-state index contributed by atoms with van der Waals surface area (Å²) in [4.78, 5) is 15.8. The normalized spacial score (nSPS) is 16.4. The SMILES string of the molecule is CC(C)N1C[C@@H](N(Cc2cc(F)c(F)cc2F)c2ccc(C#N)c(Cl)c2)CC1=O. The molecule has 0 aliphatic carbocycles. The summed E-state index contributed by atoms with van der Waals surface area (Å²) < 4.78 is 41.3. The smallest absolute Gasteiger partial charge is 0.225 e. The van der Waals surface area contributed by atoms with Crippen molar-refractivity contribution in [2.45, 2.75) is 38.9 Å². The van der Waals surface area contributed by atoms with Crippen LogP contribution in [0.3, 0.4) is 0 Å². The molecule has 0 radical (unpaired) electrons. The van der Waals surface area contributed by atoms with Gasteiger partial charge in [-0.1, -0.05) is 11.6 Å². The molecule has 0 unspecified atom stereocenters. The van der Waals surface area contributed by atoms with Gasteiger partial charge in [0.05, 0.1) is 16.6 Å². The van der Waals surface area contributed by atoms with Crippen molar-refractivity contribution in [3.63, 3.8) is 0 Å². The molecule has 0 saturated carbocycles. The van der Waals surface area contributed by atoms with Gasteiger partial charge in [-0.15, -0.1) is 0 Å². The Morgan fingerprint density at radius 1 is 1.21 bits per heavy atom. The van der Waals surface area contributed by atoms with Crippen molar-refractivity contribution in [3.8, 4) is 6.07 Å². The number of benzene rings is 2. The van der Waals surface area contributed by atoms with Gasteiger partial charge in [-0.2, -0.15) is 5.26 Å². The van der Waals surface area contributed by atoms with Gasteiger partial charge in [-0.3, -0.25) is 4.79 Å². The summed E-state index contributed by atoms with van der Waals surface area (Å²) in [7, 11) is 0. The van der Waals surface area contributed by atoms with Crippen molar-refractivity contribution < 1.29 is 18.0 Å². The molecule has 0 bridgehead atoms. The van der Waals surface area contributed by atoms with Crippen LogP contribution in [0.1, 0.15) is 31.4 Å². The summed E-state index contributed by atoms with van der Waals surface area (Å²) in [6.07, 6.45) is 0.196. The molecule has 1 amide bonds. The van der Waals surface area contributed by atoms with Gasteiger partial charge in [0.1, 0.15) is 11.9 Å². The minimum Gasteiger partial charge on any atom is -0.362 e. The number of rotatable bonds is 5. The third kappa shape index (κ3) is 4.33. The lowest BCUT2D eigenvalue weighted by molar-refractivity contribution is -0.129. The van der Waals surface area contributed by atoms with Crippen molar-refractivity contribution in [1.82, 2.24) is 4.90 Å². The number of likely N-dealkylation sites (tertiary alicyclic amines) is 1. The van der Waals surface area contributed by atoms with Crippen LogP contribution >= 0.6 is 11.6 Å². The van der Waals surface area contributed by atoms with Crippen molar-refractivity contribution in [2.24, 2.45) is 0 Å². The first-order valence-corrected chi connectivity index (χ1v) is 9.48. The van der Waals surface area contributed by atoms with Crippen LogP contribution in [0.5, 0.6) is 0 Å². The average molecular weight is 422 g/mol. The molecular formula is C21H19ClF3N3O. The van der Waals surface area contributed by atoms with E-state index in [2.05, 4.69) is 0 Å². The highest BCUT2D eigenvalue weighted by atomic mass is 35.5. The van der Waals surface area contributed by atoms with E-state index in [1.165, 1.54) is 6.07 Å². The third-order valence-electron chi connectivity index (χ3n) is 5.04. The van der Waals surface area contributed by atoms with E-state index in [1.54, 1.807) is 21.9 Å². The van der Waals surface area contributed by atoms with Gasteiger partial charge in [-0.05, 0) is 38.1 Å². The van der Waals surface area contributed by atoms with Crippen LogP contribution in [-0.2, 0) is 11.3 Å². The lowest BCUT2D eigenvalue weighted by atomic mass is 10.1. The molecule has 29 heavy (non-hydrogen) atoms. The number of carbonyl (C=O) groups is 1. The van der Waals surface area contributed by atoms with Gasteiger partial charge < -0.3 is 9.80 Å². The van der Waals surface area contributed by atoms with Gasteiger partial charge in [0, 0.05) is 42.9 Å². The monoisotopic (exact) mass is 421 g/mol. The van der Waals surface area contributed by atoms with E-state index in [1.807, 2.05) is 19.9 Å². The Kier molecular flexibility index (Phi) is 6.04. The third-order valence-corrected chi connectivity index (χ3v) is 5.35. The fourth-order valence-corrected chi connectivity index (χ4v) is 3.71. The number of nitriles is 1. The Morgan fingerprint density at radius 3 is 2.48 bits per heavy atom. The number of halogens is 4. The molecule has 1 heterocycles. The fraction of sp³-hybridized carbons (Fsp3) is 0.333. The zero-order valence-electron chi connectivity index (χ0n) is 15.9. The van der Waals surface area contributed by atoms with Crippen LogP contribution in [-0.4, -0.2) is 29.4 Å². The fourth-order valence-electron chi connectivity index (χ4n) is 3.49. The number of carbonyl (C=O) groups excluding carboxylic acids is 1. The van der Waals surface area contributed by atoms with Gasteiger partial charge in [0.2, 0.25) is 5.91 Å². The molecule has 1 aliphatic rings. The van der Waals surface area contributed by atoms with E-state index in [0.29, 0.717) is 18.3 Å². The van der Waals surface area contributed by atoms with E-state index in [-0.39, 0.29) is 47.1 Å². The maximum Gasteiger partial charge on any atom is 0.225 e. The van der Waals surface area contributed by atoms with E-state index in [4.69, 9.17) is 16.9 Å². The zero-order valence-corrected chi connectivity index (χ0v) is 16.7. The molecule has 8 heteroatoms. The second-order valence-corrected chi connectivity index (χ2v) is 7.67. The van der Waals surface area contributed by atoms with Crippen LogP contribution in [0.4, 0.5) is 18.9 Å². The highest BCUT2D eigenvalue weighted by Gasteiger charge is 2.35. The van der Waals surface area contributed by atoms with Gasteiger partial charge in [-0.25, -0.2) is 13.2 Å². The maximum absolute atomic E-state index is 14.3. The number of amides is 1. The zero-order chi connectivity index (χ0) is 21.3. The molecule has 152 valence electrons. The molecule has 1 aliphatic heterocycles. The molecule has 4 nitrogen and oxygen atoms in total. The largest absolute Gasteiger partial charge is 0.362 e. The number of nitrogens with zero attached hydrogens (tertiary/aromatic N) is 3. The van der Waals surface area contributed by atoms with Crippen LogP contribution in [0.15, 0.2) is 30.3 Å². The van der Waals surface area contributed by atoms with Crippen molar-refractivity contribution in [2.75, 3.05) is 11.4 Å². The minimum atomic E-state index is -1.26. The molecule has 2 aromatic carbocycles. The first-order chi connectivity index (χ1) is 13.7. The van der Waals surface area contributed by atoms with E-state index in [9.17, 15) is 18.0 Å². The quantitative estimate of drug-likeness (QED) is 0.660. The number of anilines is 1. The van der Waals surface area contributed by atoms with Crippen LogP contribution in [0, 0.1) is 28.8 Å². The molecule has 1 saturated heterocycles. The van der Waals surface area contributed by atoms with Crippen LogP contribution < -0.4 is 4.90 Å². The molecule has 1 fully saturated rings. The summed E-state index contributed by atoms with van der Waals surface area (Å²) in [5, 5.41) is 9.31. The predicted octanol–water partition coefficient (Wildman–Crippen LogP) is 4.64. The second kappa shape index (κ2) is 8.34. The molecule has 0 N–H and O–H groups in total. The molecule has 0 spiro atoms. The summed E-state index contributed by atoms with van der Waals surface area (Å²) in [6, 6.07) is 7.71. The molecule has 2 aromatic rings. The van der Waals surface area contributed by atoms with Gasteiger partial charge in [0.15, 0.2) is 11.6 Å². The van der Waals surface area contributed by atoms with Crippen molar-refractivity contribution >= 4 is 23.2 Å². The first kappa shape index (κ1) is 21.0. The van der Waals surface area contributed by atoms with Gasteiger partial charge in [0.25, 0.3) is 0 Å². The lowest BCUT2D eigenvalue weighted by Gasteiger charge is -2.32. The van der Waals surface area contributed by atoms with E-state index < -0.39 is 17.5 Å². The van der Waals surface area contributed by atoms with E-state index >= 15 is 0 Å². The Hall–Kier alpha value is -2.72. The Labute approximate surface area is 172 Å². The lowest BCUT2D eigenvalue weighted by Crippen LogP contribution is -2.39. The Balaban J connectivity index is 2.01. The Bertz CT molecular complexity index is 990. The van der Waals surface area contributed by atoms with Crippen molar-refractivity contribution in [3.05, 3.63) is 63.9 Å².